The van der Waals surface area contributed by atoms with E-state index in [9.17, 15) is 28.1 Å². The van der Waals surface area contributed by atoms with Gasteiger partial charge in [-0.25, -0.2) is 4.98 Å². The molecule has 1 saturated heterocycles. The first-order valence-electron chi connectivity index (χ1n) is 9.19. The lowest BCUT2D eigenvalue weighted by atomic mass is 10.2. The summed E-state index contributed by atoms with van der Waals surface area (Å²) in [5.74, 6) is 0.303. The van der Waals surface area contributed by atoms with Gasteiger partial charge in [-0.15, -0.1) is 0 Å². The van der Waals surface area contributed by atoms with Crippen molar-refractivity contribution in [2.24, 2.45) is 0 Å². The Balaban J connectivity index is 1.54. The number of nitrogens with zero attached hydrogens (tertiary/aromatic N) is 4. The average Bonchev–Trinajstić information content (AvgIpc) is 2.71. The zero-order valence-electron chi connectivity index (χ0n) is 16.4. The lowest BCUT2D eigenvalue weighted by Gasteiger charge is -2.35. The molecule has 1 aliphatic rings. The van der Waals surface area contributed by atoms with E-state index in [4.69, 9.17) is 16.3 Å². The van der Waals surface area contributed by atoms with E-state index >= 15 is 0 Å². The Kier molecular flexibility index (Phi) is 6.54. The van der Waals surface area contributed by atoms with Gasteiger partial charge in [-0.2, -0.15) is 13.2 Å². The second kappa shape index (κ2) is 8.96. The normalized spacial score (nSPS) is 14.5. The molecule has 0 spiro atoms. The van der Waals surface area contributed by atoms with Crippen molar-refractivity contribution in [1.82, 2.24) is 9.88 Å². The highest BCUT2D eigenvalue weighted by molar-refractivity contribution is 6.33. The largest absolute Gasteiger partial charge is 0.484 e. The lowest BCUT2D eigenvalue weighted by molar-refractivity contribution is -0.385. The summed E-state index contributed by atoms with van der Waals surface area (Å²) >= 11 is 5.98. The maximum Gasteiger partial charge on any atom is 0.417 e. The van der Waals surface area contributed by atoms with E-state index in [-0.39, 0.29) is 29.0 Å². The van der Waals surface area contributed by atoms with Gasteiger partial charge in [-0.3, -0.25) is 14.9 Å². The first kappa shape index (κ1) is 22.6. The van der Waals surface area contributed by atoms with Crippen LogP contribution >= 0.6 is 11.6 Å². The van der Waals surface area contributed by atoms with Crippen molar-refractivity contribution in [3.63, 3.8) is 0 Å². The summed E-state index contributed by atoms with van der Waals surface area (Å²) in [6.45, 7) is 2.67. The molecule has 1 aromatic carbocycles. The smallest absolute Gasteiger partial charge is 0.417 e. The molecule has 31 heavy (non-hydrogen) atoms. The van der Waals surface area contributed by atoms with Crippen LogP contribution in [-0.4, -0.2) is 53.5 Å². The van der Waals surface area contributed by atoms with Crippen LogP contribution in [-0.2, 0) is 11.0 Å². The highest BCUT2D eigenvalue weighted by Crippen LogP contribution is 2.33. The predicted molar refractivity (Wildman–Crippen MR) is 106 cm³/mol. The van der Waals surface area contributed by atoms with Gasteiger partial charge in [0.1, 0.15) is 11.6 Å². The van der Waals surface area contributed by atoms with Gasteiger partial charge >= 0.3 is 6.18 Å². The molecule has 0 unspecified atom stereocenters. The molecule has 0 bridgehead atoms. The number of pyridine rings is 1. The Labute approximate surface area is 180 Å². The minimum Gasteiger partial charge on any atom is -0.484 e. The van der Waals surface area contributed by atoms with Gasteiger partial charge in [-0.05, 0) is 25.1 Å². The van der Waals surface area contributed by atoms with E-state index in [0.717, 1.165) is 12.3 Å². The summed E-state index contributed by atoms with van der Waals surface area (Å²) in [6.07, 6.45) is -3.79. The molecule has 1 fully saturated rings. The van der Waals surface area contributed by atoms with E-state index in [1.54, 1.807) is 16.7 Å². The number of carbonyl (C=O) groups is 1. The fraction of sp³-hybridized carbons (Fsp3) is 0.368. The van der Waals surface area contributed by atoms with Crippen molar-refractivity contribution in [2.75, 3.05) is 37.7 Å². The molecule has 0 aliphatic carbocycles. The second-order valence-electron chi connectivity index (χ2n) is 6.89. The summed E-state index contributed by atoms with van der Waals surface area (Å²) in [6, 6.07) is 5.06. The number of aromatic nitrogens is 1. The number of ether oxygens (including phenoxy) is 1. The number of piperazine rings is 1. The number of halogens is 4. The third kappa shape index (κ3) is 5.35. The van der Waals surface area contributed by atoms with Crippen LogP contribution in [0.5, 0.6) is 5.75 Å². The SMILES string of the molecule is Cc1cc(OCC(=O)N2CCN(c3ncc(C(F)(F)F)cc3Cl)CC2)ccc1[N+](=O)[O-]. The molecule has 3 rings (SSSR count). The monoisotopic (exact) mass is 458 g/mol. The zero-order valence-corrected chi connectivity index (χ0v) is 17.1. The number of alkyl halides is 3. The van der Waals surface area contributed by atoms with Gasteiger partial charge in [0, 0.05) is 44.0 Å². The molecule has 0 saturated carbocycles. The fourth-order valence-electron chi connectivity index (χ4n) is 3.15. The highest BCUT2D eigenvalue weighted by atomic mass is 35.5. The van der Waals surface area contributed by atoms with Crippen LogP contribution in [0.3, 0.4) is 0 Å². The Hall–Kier alpha value is -3.08. The van der Waals surface area contributed by atoms with E-state index < -0.39 is 16.7 Å². The van der Waals surface area contributed by atoms with Crippen molar-refractivity contribution < 1.29 is 27.6 Å². The van der Waals surface area contributed by atoms with Crippen molar-refractivity contribution in [1.29, 1.82) is 0 Å². The molecular weight excluding hydrogens is 441 g/mol. The van der Waals surface area contributed by atoms with Crippen LogP contribution in [0.15, 0.2) is 30.5 Å². The standard InChI is InChI=1S/C19H18ClF3N4O4/c1-12-8-14(2-3-16(12)27(29)30)31-11-17(28)25-4-6-26(7-5-25)18-15(20)9-13(10-24-18)19(21,22)23/h2-3,8-10H,4-7,11H2,1H3. The number of carbonyl (C=O) groups excluding carboxylic acids is 1. The maximum atomic E-state index is 12.8. The van der Waals surface area contributed by atoms with Gasteiger partial charge in [0.25, 0.3) is 11.6 Å². The quantitative estimate of drug-likeness (QED) is 0.501. The summed E-state index contributed by atoms with van der Waals surface area (Å²) < 4.78 is 43.7. The third-order valence-corrected chi connectivity index (χ3v) is 5.09. The minimum atomic E-state index is -4.53. The number of amides is 1. The van der Waals surface area contributed by atoms with Crippen LogP contribution in [0, 0.1) is 17.0 Å². The van der Waals surface area contributed by atoms with E-state index in [0.29, 0.717) is 37.5 Å². The Morgan fingerprint density at radius 3 is 2.48 bits per heavy atom. The topological polar surface area (TPSA) is 88.8 Å². The second-order valence-corrected chi connectivity index (χ2v) is 7.30. The highest BCUT2D eigenvalue weighted by Gasteiger charge is 2.32. The molecule has 0 radical (unpaired) electrons. The van der Waals surface area contributed by atoms with Gasteiger partial charge in [0.2, 0.25) is 0 Å². The number of hydrogen-bond acceptors (Lipinski definition) is 6. The minimum absolute atomic E-state index is 0.0367. The van der Waals surface area contributed by atoms with Crippen molar-refractivity contribution >= 4 is 29.0 Å². The first-order valence-corrected chi connectivity index (χ1v) is 9.57. The van der Waals surface area contributed by atoms with E-state index in [1.165, 1.54) is 18.2 Å². The number of aryl methyl sites for hydroxylation is 1. The summed E-state index contributed by atoms with van der Waals surface area (Å²) in [5.41, 5.74) is -0.538. The Bertz CT molecular complexity index is 995. The molecule has 0 atom stereocenters. The predicted octanol–water partition coefficient (Wildman–Crippen LogP) is 3.70. The molecule has 166 valence electrons. The maximum absolute atomic E-state index is 12.8. The number of anilines is 1. The van der Waals surface area contributed by atoms with Crippen molar-refractivity contribution in [3.05, 3.63) is 56.7 Å². The third-order valence-electron chi connectivity index (χ3n) is 4.81. The molecule has 1 aliphatic heterocycles. The van der Waals surface area contributed by atoms with E-state index in [2.05, 4.69) is 4.98 Å². The summed E-state index contributed by atoms with van der Waals surface area (Å²) in [7, 11) is 0. The molecule has 1 aromatic heterocycles. The van der Waals surface area contributed by atoms with Crippen LogP contribution < -0.4 is 9.64 Å². The van der Waals surface area contributed by atoms with Gasteiger partial charge in [0.15, 0.2) is 6.61 Å². The number of benzene rings is 1. The molecule has 2 heterocycles. The zero-order chi connectivity index (χ0) is 22.8. The Morgan fingerprint density at radius 1 is 1.26 bits per heavy atom. The lowest BCUT2D eigenvalue weighted by Crippen LogP contribution is -2.50. The molecule has 2 aromatic rings. The van der Waals surface area contributed by atoms with Gasteiger partial charge in [-0.1, -0.05) is 11.6 Å². The molecule has 8 nitrogen and oxygen atoms in total. The number of nitro benzene ring substituents is 1. The van der Waals surface area contributed by atoms with Crippen LogP contribution in [0.25, 0.3) is 0 Å². The molecule has 0 N–H and O–H groups in total. The van der Waals surface area contributed by atoms with Crippen molar-refractivity contribution in [2.45, 2.75) is 13.1 Å². The van der Waals surface area contributed by atoms with Crippen LogP contribution in [0.1, 0.15) is 11.1 Å². The molecule has 1 amide bonds. The average molecular weight is 459 g/mol. The summed E-state index contributed by atoms with van der Waals surface area (Å²) in [4.78, 5) is 29.9. The number of hydrogen-bond donors (Lipinski definition) is 0. The van der Waals surface area contributed by atoms with Crippen LogP contribution in [0.2, 0.25) is 5.02 Å². The van der Waals surface area contributed by atoms with Gasteiger partial charge < -0.3 is 14.5 Å². The molecule has 12 heteroatoms. The number of rotatable bonds is 5. The van der Waals surface area contributed by atoms with Gasteiger partial charge in [0.05, 0.1) is 15.5 Å². The van der Waals surface area contributed by atoms with E-state index in [1.807, 2.05) is 0 Å². The van der Waals surface area contributed by atoms with Crippen LogP contribution in [0.4, 0.5) is 24.7 Å². The fourth-order valence-corrected chi connectivity index (χ4v) is 3.43. The Morgan fingerprint density at radius 2 is 1.94 bits per heavy atom. The molecular formula is C19H18ClF3N4O4. The summed E-state index contributed by atoms with van der Waals surface area (Å²) in [5, 5.41) is 10.7. The van der Waals surface area contributed by atoms with Crippen molar-refractivity contribution in [3.8, 4) is 5.75 Å². The first-order chi connectivity index (χ1) is 14.6. The number of nitro groups is 1.